The van der Waals surface area contributed by atoms with E-state index < -0.39 is 58.9 Å². The van der Waals surface area contributed by atoms with Gasteiger partial charge >= 0.3 is 0 Å². The number of ether oxygens (including phenoxy) is 1. The monoisotopic (exact) mass is 574 g/mol. The van der Waals surface area contributed by atoms with Crippen LogP contribution in [0.5, 0.6) is 0 Å². The van der Waals surface area contributed by atoms with Gasteiger partial charge < -0.3 is 10.1 Å². The van der Waals surface area contributed by atoms with Crippen molar-refractivity contribution in [1.82, 2.24) is 20.4 Å². The summed E-state index contributed by atoms with van der Waals surface area (Å²) >= 11 is 0. The molecule has 1 aliphatic carbocycles. The molecule has 0 unspecified atom stereocenters. The number of rotatable bonds is 12. The number of nitrogens with one attached hydrogen (secondary N) is 2. The molecule has 0 aromatic rings. The van der Waals surface area contributed by atoms with Gasteiger partial charge in [-0.05, 0) is 37.3 Å². The Balaban J connectivity index is 2.12. The van der Waals surface area contributed by atoms with Crippen molar-refractivity contribution in [2.24, 2.45) is 10.8 Å². The van der Waals surface area contributed by atoms with Gasteiger partial charge in [0.2, 0.25) is 29.5 Å². The molecule has 2 saturated heterocycles. The normalized spacial score (nSPS) is 25.9. The third kappa shape index (κ3) is 6.77. The van der Waals surface area contributed by atoms with Crippen LogP contribution in [0.1, 0.15) is 100 Å². The summed E-state index contributed by atoms with van der Waals surface area (Å²) in [5.41, 5.74) is -1.55. The second-order valence-corrected chi connectivity index (χ2v) is 12.7. The molecule has 2 aliphatic heterocycles. The van der Waals surface area contributed by atoms with E-state index in [1.807, 2.05) is 20.8 Å². The lowest BCUT2D eigenvalue weighted by Crippen LogP contribution is -2.68. The molecule has 5 amide bonds. The molecular weight excluding hydrogens is 528 g/mol. The quantitative estimate of drug-likeness (QED) is 0.339. The molecule has 11 nitrogen and oxygen atoms in total. The van der Waals surface area contributed by atoms with Crippen molar-refractivity contribution < 1.29 is 33.5 Å². The van der Waals surface area contributed by atoms with Crippen LogP contribution in [0.25, 0.3) is 0 Å². The molecule has 11 heteroatoms. The van der Waals surface area contributed by atoms with Gasteiger partial charge in [0.25, 0.3) is 0 Å². The molecule has 3 rings (SSSR count). The molecule has 3 atom stereocenters. The van der Waals surface area contributed by atoms with Crippen LogP contribution in [0, 0.1) is 10.8 Å². The number of carbonyl (C=O) groups is 6. The smallest absolute Gasteiger partial charge is 0.238 e. The highest BCUT2D eigenvalue weighted by molar-refractivity contribution is 6.09. The van der Waals surface area contributed by atoms with Crippen LogP contribution in [0.3, 0.4) is 0 Å². The SMILES string of the molecule is CCCC(=O)C1=C[C@@H](OC(CC)CC)[C@H](NC(C)=O)[C@@H](NC(N2C(=O)CC(C)(C)C2=O)N2C(=O)CC(C)(C)C2=O)C1. The van der Waals surface area contributed by atoms with Gasteiger partial charge in [-0.25, -0.2) is 9.80 Å². The Morgan fingerprint density at radius 3 is 1.85 bits per heavy atom. The molecule has 41 heavy (non-hydrogen) atoms. The Hall–Kier alpha value is -2.92. The fraction of sp³-hybridized carbons (Fsp3) is 0.733. The molecule has 2 fully saturated rings. The summed E-state index contributed by atoms with van der Waals surface area (Å²) in [6.45, 7) is 13.8. The highest BCUT2D eigenvalue weighted by atomic mass is 16.5. The summed E-state index contributed by atoms with van der Waals surface area (Å²) in [6, 6.07) is -1.46. The number of hydrogen-bond acceptors (Lipinski definition) is 8. The number of likely N-dealkylation sites (tertiary alicyclic amines) is 2. The number of Topliss-reactive ketones (excluding diaryl/α,β-unsaturated/α-hetero) is 1. The summed E-state index contributed by atoms with van der Waals surface area (Å²) in [6.07, 6.45) is 1.86. The van der Waals surface area contributed by atoms with Crippen molar-refractivity contribution in [3.63, 3.8) is 0 Å². The molecular formula is C30H46N4O7. The lowest BCUT2D eigenvalue weighted by molar-refractivity contribution is -0.159. The number of amides is 5. The molecule has 0 bridgehead atoms. The summed E-state index contributed by atoms with van der Waals surface area (Å²) < 4.78 is 6.40. The summed E-state index contributed by atoms with van der Waals surface area (Å²) in [7, 11) is 0. The van der Waals surface area contributed by atoms with Gasteiger partial charge in [-0.2, -0.15) is 0 Å². The van der Waals surface area contributed by atoms with Gasteiger partial charge in [-0.15, -0.1) is 0 Å². The van der Waals surface area contributed by atoms with Crippen LogP contribution in [-0.4, -0.2) is 75.7 Å². The number of imide groups is 2. The number of nitrogens with zero attached hydrogens (tertiary/aromatic N) is 2. The maximum absolute atomic E-state index is 13.5. The van der Waals surface area contributed by atoms with Gasteiger partial charge in [-0.1, -0.05) is 48.5 Å². The van der Waals surface area contributed by atoms with E-state index >= 15 is 0 Å². The number of hydrogen-bond donors (Lipinski definition) is 2. The van der Waals surface area contributed by atoms with E-state index in [4.69, 9.17) is 4.74 Å². The number of carbonyl (C=O) groups excluding carboxylic acids is 6. The lowest BCUT2D eigenvalue weighted by Gasteiger charge is -2.43. The first kappa shape index (κ1) is 32.6. The van der Waals surface area contributed by atoms with Crippen molar-refractivity contribution in [3.05, 3.63) is 11.6 Å². The summed E-state index contributed by atoms with van der Waals surface area (Å²) in [4.78, 5) is 81.0. The first-order chi connectivity index (χ1) is 19.1. The largest absolute Gasteiger partial charge is 0.369 e. The van der Waals surface area contributed by atoms with Crippen LogP contribution in [0.2, 0.25) is 0 Å². The van der Waals surface area contributed by atoms with Crippen LogP contribution in [-0.2, 0) is 33.5 Å². The lowest BCUT2D eigenvalue weighted by atomic mass is 9.85. The predicted molar refractivity (Wildman–Crippen MR) is 151 cm³/mol. The first-order valence-electron chi connectivity index (χ1n) is 14.7. The Labute approximate surface area is 242 Å². The van der Waals surface area contributed by atoms with Crippen LogP contribution in [0.4, 0.5) is 0 Å². The van der Waals surface area contributed by atoms with Crippen LogP contribution < -0.4 is 10.6 Å². The molecule has 0 radical (unpaired) electrons. The molecule has 228 valence electrons. The van der Waals surface area contributed by atoms with Gasteiger partial charge in [0.05, 0.1) is 29.1 Å². The number of ketones is 1. The van der Waals surface area contributed by atoms with Crippen LogP contribution in [0.15, 0.2) is 11.6 Å². The van der Waals surface area contributed by atoms with E-state index in [1.165, 1.54) is 6.92 Å². The average Bonchev–Trinajstić information content (AvgIpc) is 3.21. The van der Waals surface area contributed by atoms with Crippen LogP contribution >= 0.6 is 0 Å². The van der Waals surface area contributed by atoms with Crippen molar-refractivity contribution >= 4 is 35.3 Å². The van der Waals surface area contributed by atoms with E-state index in [2.05, 4.69) is 10.6 Å². The average molecular weight is 575 g/mol. The molecule has 2 heterocycles. The molecule has 0 spiro atoms. The first-order valence-corrected chi connectivity index (χ1v) is 14.7. The molecule has 0 aromatic carbocycles. The highest BCUT2D eigenvalue weighted by Crippen LogP contribution is 2.38. The molecule has 2 N–H and O–H groups in total. The Kier molecular flexibility index (Phi) is 9.96. The van der Waals surface area contributed by atoms with Gasteiger partial charge in [-0.3, -0.25) is 34.1 Å². The molecule has 3 aliphatic rings. The second-order valence-electron chi connectivity index (χ2n) is 12.7. The van der Waals surface area contributed by atoms with Crippen molar-refractivity contribution in [2.45, 2.75) is 131 Å². The third-order valence-electron chi connectivity index (χ3n) is 8.23. The van der Waals surface area contributed by atoms with E-state index in [0.717, 1.165) is 9.80 Å². The fourth-order valence-corrected chi connectivity index (χ4v) is 5.87. The maximum atomic E-state index is 13.5. The van der Waals surface area contributed by atoms with Gasteiger partial charge in [0.15, 0.2) is 12.1 Å². The fourth-order valence-electron chi connectivity index (χ4n) is 5.87. The third-order valence-corrected chi connectivity index (χ3v) is 8.23. The van der Waals surface area contributed by atoms with Gasteiger partial charge in [0, 0.05) is 32.2 Å². The Morgan fingerprint density at radius 2 is 1.46 bits per heavy atom. The Bertz CT molecular complexity index is 1080. The second kappa shape index (κ2) is 12.5. The van der Waals surface area contributed by atoms with Crippen molar-refractivity contribution in [3.8, 4) is 0 Å². The predicted octanol–water partition coefficient (Wildman–Crippen LogP) is 2.58. The van der Waals surface area contributed by atoms with E-state index in [9.17, 15) is 28.8 Å². The minimum Gasteiger partial charge on any atom is -0.369 e. The highest BCUT2D eigenvalue weighted by Gasteiger charge is 2.56. The zero-order valence-electron chi connectivity index (χ0n) is 25.7. The Morgan fingerprint density at radius 1 is 0.951 bits per heavy atom. The molecule has 0 saturated carbocycles. The summed E-state index contributed by atoms with van der Waals surface area (Å²) in [5, 5.41) is 6.17. The van der Waals surface area contributed by atoms with Crippen molar-refractivity contribution in [1.29, 1.82) is 0 Å². The topological polar surface area (TPSA) is 142 Å². The van der Waals surface area contributed by atoms with Gasteiger partial charge in [0.1, 0.15) is 0 Å². The van der Waals surface area contributed by atoms with E-state index in [0.29, 0.717) is 31.3 Å². The molecule has 0 aromatic heterocycles. The van der Waals surface area contributed by atoms with E-state index in [-0.39, 0.29) is 37.1 Å². The maximum Gasteiger partial charge on any atom is 0.238 e. The minimum atomic E-state index is -1.42. The van der Waals surface area contributed by atoms with Crippen molar-refractivity contribution in [2.75, 3.05) is 0 Å². The zero-order chi connectivity index (χ0) is 30.9. The summed E-state index contributed by atoms with van der Waals surface area (Å²) in [5.74, 6) is -2.47. The minimum absolute atomic E-state index is 0.0702. The zero-order valence-corrected chi connectivity index (χ0v) is 25.7. The standard InChI is InChI=1S/C30H46N4O7/c1-9-12-21(36)18-13-20(25(31-17(4)35)22(14-18)41-19(10-2)11-3)32-28(33-23(37)15-29(5,6)26(33)39)34-24(38)16-30(7,8)27(34)40/h14,19-20,22,25,28,32H,9-13,15-16H2,1-8H3,(H,31,35)/t20-,22+,25+/m0/s1. The van der Waals surface area contributed by atoms with E-state index in [1.54, 1.807) is 33.8 Å².